The maximum Gasteiger partial charge on any atom is 0.262 e. The van der Waals surface area contributed by atoms with E-state index in [2.05, 4.69) is 5.32 Å². The maximum absolute atomic E-state index is 13.2. The molecule has 1 unspecified atom stereocenters. The fourth-order valence-corrected chi connectivity index (χ4v) is 2.52. The monoisotopic (exact) mass is 232 g/mol. The van der Waals surface area contributed by atoms with Crippen molar-refractivity contribution in [3.63, 3.8) is 0 Å². The van der Waals surface area contributed by atoms with E-state index in [9.17, 15) is 13.6 Å². The lowest BCUT2D eigenvalue weighted by atomic mass is 9.94. The van der Waals surface area contributed by atoms with Gasteiger partial charge < -0.3 is 10.2 Å². The standard InChI is InChI=1S/C11H18F2N2O/c1-8-2-3-15(10(16)4-8)9-5-11(12,13)7-14-6-9/h8-9,14H,2-7H2,1H3/t8?,9-/m1/s1. The molecule has 0 aromatic heterocycles. The van der Waals surface area contributed by atoms with Crippen LogP contribution >= 0.6 is 0 Å². The molecule has 0 spiro atoms. The molecule has 2 rings (SSSR count). The van der Waals surface area contributed by atoms with Crippen molar-refractivity contribution in [2.24, 2.45) is 5.92 Å². The molecular formula is C11H18F2N2O. The average molecular weight is 232 g/mol. The van der Waals surface area contributed by atoms with Crippen LogP contribution in [0.5, 0.6) is 0 Å². The van der Waals surface area contributed by atoms with Crippen molar-refractivity contribution in [2.75, 3.05) is 19.6 Å². The largest absolute Gasteiger partial charge is 0.338 e. The van der Waals surface area contributed by atoms with E-state index in [4.69, 9.17) is 0 Å². The Morgan fingerprint density at radius 1 is 1.50 bits per heavy atom. The zero-order valence-electron chi connectivity index (χ0n) is 9.51. The summed E-state index contributed by atoms with van der Waals surface area (Å²) in [5, 5.41) is 2.71. The molecule has 0 aromatic carbocycles. The zero-order chi connectivity index (χ0) is 11.8. The van der Waals surface area contributed by atoms with Crippen LogP contribution in [0.2, 0.25) is 0 Å². The lowest BCUT2D eigenvalue weighted by Gasteiger charge is -2.40. The SMILES string of the molecule is CC1CCN([C@H]2CNCC(F)(F)C2)C(=O)C1. The highest BCUT2D eigenvalue weighted by Gasteiger charge is 2.40. The normalized spacial score (nSPS) is 35.2. The molecule has 0 aromatic rings. The fraction of sp³-hybridized carbons (Fsp3) is 0.909. The topological polar surface area (TPSA) is 32.3 Å². The van der Waals surface area contributed by atoms with Crippen LogP contribution in [-0.4, -0.2) is 42.4 Å². The molecule has 0 aliphatic carbocycles. The number of likely N-dealkylation sites (tertiary alicyclic amines) is 1. The molecule has 0 saturated carbocycles. The van der Waals surface area contributed by atoms with Crippen molar-refractivity contribution in [3.8, 4) is 0 Å². The summed E-state index contributed by atoms with van der Waals surface area (Å²) in [6.45, 7) is 2.89. The van der Waals surface area contributed by atoms with E-state index in [-0.39, 0.29) is 24.9 Å². The van der Waals surface area contributed by atoms with Crippen molar-refractivity contribution in [2.45, 2.75) is 38.2 Å². The average Bonchev–Trinajstić information content (AvgIpc) is 2.15. The minimum absolute atomic E-state index is 0.0308. The van der Waals surface area contributed by atoms with Crippen LogP contribution in [0.25, 0.3) is 0 Å². The second kappa shape index (κ2) is 4.28. The Labute approximate surface area is 94.2 Å². The van der Waals surface area contributed by atoms with Gasteiger partial charge in [-0.25, -0.2) is 8.78 Å². The molecular weight excluding hydrogens is 214 g/mol. The molecule has 5 heteroatoms. The Kier molecular flexibility index (Phi) is 3.15. The van der Waals surface area contributed by atoms with Gasteiger partial charge in [0.05, 0.1) is 6.54 Å². The second-order valence-electron chi connectivity index (χ2n) is 5.03. The molecule has 16 heavy (non-hydrogen) atoms. The molecule has 2 saturated heterocycles. The predicted octanol–water partition coefficient (Wildman–Crippen LogP) is 1.24. The van der Waals surface area contributed by atoms with Gasteiger partial charge in [-0.05, 0) is 12.3 Å². The van der Waals surface area contributed by atoms with Gasteiger partial charge >= 0.3 is 0 Å². The summed E-state index contributed by atoms with van der Waals surface area (Å²) < 4.78 is 26.4. The number of nitrogens with one attached hydrogen (secondary N) is 1. The highest BCUT2D eigenvalue weighted by molar-refractivity contribution is 5.77. The number of piperidine rings is 2. The van der Waals surface area contributed by atoms with E-state index in [1.165, 1.54) is 0 Å². The molecule has 2 aliphatic heterocycles. The molecule has 2 fully saturated rings. The summed E-state index contributed by atoms with van der Waals surface area (Å²) in [5.74, 6) is -2.25. The third-order valence-electron chi connectivity index (χ3n) is 3.44. The minimum Gasteiger partial charge on any atom is -0.338 e. The van der Waals surface area contributed by atoms with E-state index in [1.807, 2.05) is 6.92 Å². The molecule has 92 valence electrons. The van der Waals surface area contributed by atoms with Gasteiger partial charge in [-0.1, -0.05) is 6.92 Å². The van der Waals surface area contributed by atoms with E-state index < -0.39 is 5.92 Å². The van der Waals surface area contributed by atoms with Crippen molar-refractivity contribution in [1.82, 2.24) is 10.2 Å². The quantitative estimate of drug-likeness (QED) is 0.737. The summed E-state index contributed by atoms with van der Waals surface area (Å²) >= 11 is 0. The number of rotatable bonds is 1. The number of alkyl halides is 2. The van der Waals surface area contributed by atoms with Gasteiger partial charge in [0.2, 0.25) is 5.91 Å². The van der Waals surface area contributed by atoms with E-state index in [0.29, 0.717) is 25.4 Å². The van der Waals surface area contributed by atoms with Gasteiger partial charge in [0.25, 0.3) is 5.92 Å². The van der Waals surface area contributed by atoms with E-state index in [0.717, 1.165) is 6.42 Å². The second-order valence-corrected chi connectivity index (χ2v) is 5.03. The van der Waals surface area contributed by atoms with E-state index in [1.54, 1.807) is 4.90 Å². The number of nitrogens with zero attached hydrogens (tertiary/aromatic N) is 1. The number of carbonyl (C=O) groups excluding carboxylic acids is 1. The van der Waals surface area contributed by atoms with Crippen molar-refractivity contribution >= 4 is 5.91 Å². The molecule has 2 heterocycles. The number of hydrogen-bond donors (Lipinski definition) is 1. The van der Waals surface area contributed by atoms with Gasteiger partial charge in [-0.3, -0.25) is 4.79 Å². The van der Waals surface area contributed by atoms with Crippen molar-refractivity contribution in [1.29, 1.82) is 0 Å². The molecule has 2 aliphatic rings. The Morgan fingerprint density at radius 3 is 2.88 bits per heavy atom. The van der Waals surface area contributed by atoms with Crippen LogP contribution in [0.3, 0.4) is 0 Å². The lowest BCUT2D eigenvalue weighted by Crippen LogP contribution is -2.56. The first-order valence-electron chi connectivity index (χ1n) is 5.86. The van der Waals surface area contributed by atoms with Gasteiger partial charge in [0.15, 0.2) is 0 Å². The highest BCUT2D eigenvalue weighted by Crippen LogP contribution is 2.28. The Hall–Kier alpha value is -0.710. The Balaban J connectivity index is 1.99. The fourth-order valence-electron chi connectivity index (χ4n) is 2.52. The van der Waals surface area contributed by atoms with Crippen LogP contribution in [0.1, 0.15) is 26.2 Å². The molecule has 0 bridgehead atoms. The highest BCUT2D eigenvalue weighted by atomic mass is 19.3. The maximum atomic E-state index is 13.2. The van der Waals surface area contributed by atoms with Gasteiger partial charge in [-0.2, -0.15) is 0 Å². The van der Waals surface area contributed by atoms with Gasteiger partial charge in [0.1, 0.15) is 0 Å². The van der Waals surface area contributed by atoms with Crippen LogP contribution in [0, 0.1) is 5.92 Å². The van der Waals surface area contributed by atoms with E-state index >= 15 is 0 Å². The number of hydrogen-bond acceptors (Lipinski definition) is 2. The first-order valence-corrected chi connectivity index (χ1v) is 5.86. The van der Waals surface area contributed by atoms with Gasteiger partial charge in [-0.15, -0.1) is 0 Å². The van der Waals surface area contributed by atoms with Crippen LogP contribution in [-0.2, 0) is 4.79 Å². The third kappa shape index (κ3) is 2.51. The number of carbonyl (C=O) groups is 1. The van der Waals surface area contributed by atoms with Crippen LogP contribution in [0.4, 0.5) is 8.78 Å². The summed E-state index contributed by atoms with van der Waals surface area (Å²) in [6, 6.07) is -0.330. The van der Waals surface area contributed by atoms with Crippen molar-refractivity contribution < 1.29 is 13.6 Å². The van der Waals surface area contributed by atoms with Crippen molar-refractivity contribution in [3.05, 3.63) is 0 Å². The molecule has 2 atom stereocenters. The minimum atomic E-state index is -2.67. The first-order chi connectivity index (χ1) is 7.48. The summed E-state index contributed by atoms with van der Waals surface area (Å²) in [7, 11) is 0. The Morgan fingerprint density at radius 2 is 2.25 bits per heavy atom. The summed E-state index contributed by atoms with van der Waals surface area (Å²) in [4.78, 5) is 13.4. The van der Waals surface area contributed by atoms with Crippen LogP contribution in [0.15, 0.2) is 0 Å². The zero-order valence-corrected chi connectivity index (χ0v) is 9.51. The third-order valence-corrected chi connectivity index (χ3v) is 3.44. The predicted molar refractivity (Wildman–Crippen MR) is 56.3 cm³/mol. The number of halogens is 2. The van der Waals surface area contributed by atoms with Crippen LogP contribution < -0.4 is 5.32 Å². The van der Waals surface area contributed by atoms with Gasteiger partial charge in [0, 0.05) is 32.0 Å². The smallest absolute Gasteiger partial charge is 0.262 e. The molecule has 1 amide bonds. The number of amides is 1. The first kappa shape index (κ1) is 11.8. The summed E-state index contributed by atoms with van der Waals surface area (Å²) in [5.41, 5.74) is 0. The summed E-state index contributed by atoms with van der Waals surface area (Å²) in [6.07, 6.45) is 1.23. The Bertz CT molecular complexity index is 283. The lowest BCUT2D eigenvalue weighted by molar-refractivity contribution is -0.141. The molecule has 1 N–H and O–H groups in total. The molecule has 3 nitrogen and oxygen atoms in total. The molecule has 0 radical (unpaired) electrons.